The van der Waals surface area contributed by atoms with Gasteiger partial charge in [0.25, 0.3) is 5.91 Å². The number of rotatable bonds is 8. The van der Waals surface area contributed by atoms with Gasteiger partial charge in [0.05, 0.1) is 19.8 Å². The summed E-state index contributed by atoms with van der Waals surface area (Å²) in [5, 5.41) is 4.32. The molecule has 2 aromatic carbocycles. The Hall–Kier alpha value is -2.34. The minimum atomic E-state index is -0.297. The number of fused-ring (bicyclic) bond motifs is 1. The molecule has 142 valence electrons. The molecule has 6 heteroatoms. The van der Waals surface area contributed by atoms with Gasteiger partial charge in [-0.2, -0.15) is 0 Å². The Morgan fingerprint density at radius 3 is 2.78 bits per heavy atom. The van der Waals surface area contributed by atoms with Crippen molar-refractivity contribution in [2.45, 2.75) is 20.5 Å². The van der Waals surface area contributed by atoms with E-state index in [1.807, 2.05) is 38.1 Å². The van der Waals surface area contributed by atoms with Crippen LogP contribution in [0.2, 0.25) is 5.02 Å². The molecule has 1 amide bonds. The van der Waals surface area contributed by atoms with E-state index in [1.165, 1.54) is 0 Å². The molecule has 3 rings (SSSR count). The van der Waals surface area contributed by atoms with Crippen LogP contribution in [0.4, 0.5) is 5.69 Å². The molecule has 0 radical (unpaired) electrons. The van der Waals surface area contributed by atoms with Gasteiger partial charge in [-0.1, -0.05) is 23.7 Å². The number of carbonyl (C=O) groups is 1. The average molecular weight is 388 g/mol. The zero-order valence-electron chi connectivity index (χ0n) is 15.4. The third-order valence-electron chi connectivity index (χ3n) is 4.13. The summed E-state index contributed by atoms with van der Waals surface area (Å²) in [6.45, 7) is 6.04. The van der Waals surface area contributed by atoms with Gasteiger partial charge in [-0.15, -0.1) is 0 Å². The molecule has 0 aliphatic rings. The van der Waals surface area contributed by atoms with E-state index in [4.69, 9.17) is 25.5 Å². The number of amides is 1. The Kier molecular flexibility index (Phi) is 6.50. The zero-order valence-corrected chi connectivity index (χ0v) is 16.1. The van der Waals surface area contributed by atoms with Crippen molar-refractivity contribution in [2.24, 2.45) is 0 Å². The van der Waals surface area contributed by atoms with Crippen LogP contribution < -0.4 is 5.32 Å². The monoisotopic (exact) mass is 387 g/mol. The first-order valence-electron chi connectivity index (χ1n) is 8.83. The molecule has 0 aliphatic heterocycles. The van der Waals surface area contributed by atoms with E-state index in [0.29, 0.717) is 42.7 Å². The number of furan rings is 1. The van der Waals surface area contributed by atoms with Gasteiger partial charge < -0.3 is 19.2 Å². The number of hydrogen-bond donors (Lipinski definition) is 1. The standard InChI is InChI=1S/C21H22ClNO4/c1-3-25-9-10-26-13-15-5-4-6-17(11-15)23-21(24)20-14(2)18-12-16(22)7-8-19(18)27-20/h4-8,11-12H,3,9-10,13H2,1-2H3,(H,23,24). The second-order valence-electron chi connectivity index (χ2n) is 6.10. The van der Waals surface area contributed by atoms with Crippen LogP contribution in [0.3, 0.4) is 0 Å². The lowest BCUT2D eigenvalue weighted by Gasteiger charge is -2.08. The second kappa shape index (κ2) is 9.04. The van der Waals surface area contributed by atoms with Crippen LogP contribution in [0.25, 0.3) is 11.0 Å². The number of anilines is 1. The van der Waals surface area contributed by atoms with Gasteiger partial charge in [-0.3, -0.25) is 4.79 Å². The SMILES string of the molecule is CCOCCOCc1cccc(NC(=O)c2oc3ccc(Cl)cc3c2C)c1. The lowest BCUT2D eigenvalue weighted by molar-refractivity contribution is 0.0453. The maximum Gasteiger partial charge on any atom is 0.291 e. The molecular formula is C21H22ClNO4. The molecule has 5 nitrogen and oxygen atoms in total. The summed E-state index contributed by atoms with van der Waals surface area (Å²) in [6.07, 6.45) is 0. The van der Waals surface area contributed by atoms with Gasteiger partial charge in [0.15, 0.2) is 5.76 Å². The predicted octanol–water partition coefficient (Wildman–Crippen LogP) is 5.20. The van der Waals surface area contributed by atoms with Gasteiger partial charge in [0, 0.05) is 28.3 Å². The Morgan fingerprint density at radius 2 is 1.96 bits per heavy atom. The second-order valence-corrected chi connectivity index (χ2v) is 6.54. The molecule has 1 N–H and O–H groups in total. The highest BCUT2D eigenvalue weighted by Gasteiger charge is 2.18. The fourth-order valence-corrected chi connectivity index (χ4v) is 2.96. The molecule has 1 heterocycles. The highest BCUT2D eigenvalue weighted by molar-refractivity contribution is 6.31. The lowest BCUT2D eigenvalue weighted by Crippen LogP contribution is -2.12. The van der Waals surface area contributed by atoms with Gasteiger partial charge in [-0.25, -0.2) is 0 Å². The maximum absolute atomic E-state index is 12.6. The van der Waals surface area contributed by atoms with Crippen LogP contribution in [0.1, 0.15) is 28.6 Å². The molecule has 0 fully saturated rings. The summed E-state index contributed by atoms with van der Waals surface area (Å²) in [7, 11) is 0. The number of hydrogen-bond acceptors (Lipinski definition) is 4. The number of halogens is 1. The van der Waals surface area contributed by atoms with E-state index in [2.05, 4.69) is 5.32 Å². The molecule has 0 atom stereocenters. The largest absolute Gasteiger partial charge is 0.451 e. The third kappa shape index (κ3) is 4.89. The van der Waals surface area contributed by atoms with Crippen LogP contribution >= 0.6 is 11.6 Å². The van der Waals surface area contributed by atoms with Crippen molar-refractivity contribution in [3.63, 3.8) is 0 Å². The Bertz CT molecular complexity index is 935. The van der Waals surface area contributed by atoms with Gasteiger partial charge in [0.1, 0.15) is 5.58 Å². The predicted molar refractivity (Wildman–Crippen MR) is 107 cm³/mol. The smallest absolute Gasteiger partial charge is 0.291 e. The number of benzene rings is 2. The maximum atomic E-state index is 12.6. The van der Waals surface area contributed by atoms with Crippen LogP contribution in [0, 0.1) is 6.92 Å². The first kappa shape index (κ1) is 19.4. The quantitative estimate of drug-likeness (QED) is 0.539. The van der Waals surface area contributed by atoms with Crippen molar-refractivity contribution >= 4 is 34.2 Å². The summed E-state index contributed by atoms with van der Waals surface area (Å²) >= 11 is 6.03. The first-order valence-corrected chi connectivity index (χ1v) is 9.20. The van der Waals surface area contributed by atoms with Crippen molar-refractivity contribution in [3.8, 4) is 0 Å². The minimum absolute atomic E-state index is 0.283. The van der Waals surface area contributed by atoms with E-state index >= 15 is 0 Å². The van der Waals surface area contributed by atoms with E-state index in [0.717, 1.165) is 16.5 Å². The number of ether oxygens (including phenoxy) is 2. The zero-order chi connectivity index (χ0) is 19.2. The summed E-state index contributed by atoms with van der Waals surface area (Å²) in [4.78, 5) is 12.6. The van der Waals surface area contributed by atoms with Crippen molar-refractivity contribution in [1.29, 1.82) is 0 Å². The summed E-state index contributed by atoms with van der Waals surface area (Å²) in [5.74, 6) is -0.0140. The molecule has 0 saturated carbocycles. The summed E-state index contributed by atoms with van der Waals surface area (Å²) in [6, 6.07) is 12.8. The fourth-order valence-electron chi connectivity index (χ4n) is 2.79. The lowest BCUT2D eigenvalue weighted by atomic mass is 10.1. The van der Waals surface area contributed by atoms with E-state index in [9.17, 15) is 4.79 Å². The Balaban J connectivity index is 1.67. The highest BCUT2D eigenvalue weighted by atomic mass is 35.5. The molecule has 0 unspecified atom stereocenters. The molecule has 27 heavy (non-hydrogen) atoms. The highest BCUT2D eigenvalue weighted by Crippen LogP contribution is 2.28. The van der Waals surface area contributed by atoms with Crippen LogP contribution in [-0.2, 0) is 16.1 Å². The minimum Gasteiger partial charge on any atom is -0.451 e. The van der Waals surface area contributed by atoms with Crippen LogP contribution in [0.5, 0.6) is 0 Å². The molecule has 3 aromatic rings. The number of aryl methyl sites for hydroxylation is 1. The average Bonchev–Trinajstić information content (AvgIpc) is 2.98. The van der Waals surface area contributed by atoms with Crippen LogP contribution in [0.15, 0.2) is 46.9 Å². The Labute approximate surface area is 163 Å². The molecule has 0 spiro atoms. The van der Waals surface area contributed by atoms with Crippen molar-refractivity contribution in [2.75, 3.05) is 25.1 Å². The fraction of sp³-hybridized carbons (Fsp3) is 0.286. The molecule has 0 saturated heterocycles. The summed E-state index contributed by atoms with van der Waals surface area (Å²) < 4.78 is 16.5. The van der Waals surface area contributed by atoms with Crippen molar-refractivity contribution in [3.05, 3.63) is 64.4 Å². The van der Waals surface area contributed by atoms with E-state index in [1.54, 1.807) is 18.2 Å². The molecular weight excluding hydrogens is 366 g/mol. The summed E-state index contributed by atoms with van der Waals surface area (Å²) in [5.41, 5.74) is 3.06. The third-order valence-corrected chi connectivity index (χ3v) is 4.37. The Morgan fingerprint density at radius 1 is 1.15 bits per heavy atom. The first-order chi connectivity index (χ1) is 13.1. The molecule has 0 bridgehead atoms. The van der Waals surface area contributed by atoms with Gasteiger partial charge >= 0.3 is 0 Å². The topological polar surface area (TPSA) is 60.7 Å². The van der Waals surface area contributed by atoms with E-state index < -0.39 is 0 Å². The number of nitrogens with one attached hydrogen (secondary N) is 1. The van der Waals surface area contributed by atoms with Crippen LogP contribution in [-0.4, -0.2) is 25.7 Å². The number of carbonyl (C=O) groups excluding carboxylic acids is 1. The normalized spacial score (nSPS) is 11.1. The van der Waals surface area contributed by atoms with E-state index in [-0.39, 0.29) is 11.7 Å². The van der Waals surface area contributed by atoms with Crippen molar-refractivity contribution < 1.29 is 18.7 Å². The van der Waals surface area contributed by atoms with Crippen molar-refractivity contribution in [1.82, 2.24) is 0 Å². The van der Waals surface area contributed by atoms with Gasteiger partial charge in [0.2, 0.25) is 0 Å². The molecule has 0 aliphatic carbocycles. The van der Waals surface area contributed by atoms with Gasteiger partial charge in [-0.05, 0) is 49.7 Å². The molecule has 1 aromatic heterocycles.